The van der Waals surface area contributed by atoms with Gasteiger partial charge in [-0.3, -0.25) is 14.4 Å². The summed E-state index contributed by atoms with van der Waals surface area (Å²) >= 11 is 1.61. The molecule has 0 saturated carbocycles. The van der Waals surface area contributed by atoms with Gasteiger partial charge in [-0.1, -0.05) is 62.9 Å². The number of ether oxygens (including phenoxy) is 1. The van der Waals surface area contributed by atoms with Gasteiger partial charge in [0.05, 0.1) is 29.2 Å². The Bertz CT molecular complexity index is 1030. The molecule has 1 spiro atoms. The van der Waals surface area contributed by atoms with Crippen molar-refractivity contribution in [3.63, 3.8) is 0 Å². The van der Waals surface area contributed by atoms with Crippen molar-refractivity contribution < 1.29 is 24.2 Å². The molecule has 3 saturated heterocycles. The van der Waals surface area contributed by atoms with Gasteiger partial charge in [-0.15, -0.1) is 18.3 Å². The van der Waals surface area contributed by atoms with Gasteiger partial charge in [-0.05, 0) is 30.7 Å². The Morgan fingerprint density at radius 1 is 1.27 bits per heavy atom. The van der Waals surface area contributed by atoms with Crippen LogP contribution in [0.5, 0.6) is 0 Å². The van der Waals surface area contributed by atoms with Crippen molar-refractivity contribution >= 4 is 29.5 Å². The summed E-state index contributed by atoms with van der Waals surface area (Å²) in [7, 11) is 0. The maximum Gasteiger partial charge on any atom is 0.311 e. The molecule has 3 heterocycles. The number of esters is 1. The SMILES string of the molecule is C=CCOC(=O)[C@@H]1[C@@H]2CCC3(S2)C(C(=O)N(CC=C)Cc2ccccc2)N([C@@H](CO)CC(C)C)C(=O)[C@H]13. The minimum Gasteiger partial charge on any atom is -0.461 e. The smallest absolute Gasteiger partial charge is 0.311 e. The fourth-order valence-electron chi connectivity index (χ4n) is 6.45. The largest absolute Gasteiger partial charge is 0.461 e. The van der Waals surface area contributed by atoms with Crippen molar-refractivity contribution in [2.24, 2.45) is 17.8 Å². The predicted molar refractivity (Wildman–Crippen MR) is 144 cm³/mol. The molecule has 3 fully saturated rings. The van der Waals surface area contributed by atoms with Crippen molar-refractivity contribution in [3.8, 4) is 0 Å². The Hall–Kier alpha value is -2.58. The van der Waals surface area contributed by atoms with Crippen LogP contribution in [0.25, 0.3) is 0 Å². The third-order valence-corrected chi connectivity index (χ3v) is 9.76. The van der Waals surface area contributed by atoms with Crippen LogP contribution in [0, 0.1) is 17.8 Å². The molecule has 3 aliphatic heterocycles. The molecule has 6 atom stereocenters. The Morgan fingerprint density at radius 2 is 2.00 bits per heavy atom. The first-order valence-corrected chi connectivity index (χ1v) is 14.0. The maximum atomic E-state index is 14.4. The van der Waals surface area contributed by atoms with Crippen LogP contribution in [0.4, 0.5) is 0 Å². The van der Waals surface area contributed by atoms with Crippen LogP contribution in [-0.2, 0) is 25.7 Å². The number of aliphatic hydroxyl groups excluding tert-OH is 1. The molecule has 2 bridgehead atoms. The van der Waals surface area contributed by atoms with Crippen LogP contribution < -0.4 is 0 Å². The van der Waals surface area contributed by atoms with E-state index in [2.05, 4.69) is 13.2 Å². The van der Waals surface area contributed by atoms with E-state index in [9.17, 15) is 19.5 Å². The number of rotatable bonds is 12. The molecule has 7 nitrogen and oxygen atoms in total. The van der Waals surface area contributed by atoms with Crippen LogP contribution in [0.15, 0.2) is 55.6 Å². The molecule has 2 unspecified atom stereocenters. The lowest BCUT2D eigenvalue weighted by molar-refractivity contribution is -0.153. The van der Waals surface area contributed by atoms with Crippen LogP contribution >= 0.6 is 11.8 Å². The number of hydrogen-bond acceptors (Lipinski definition) is 6. The summed E-state index contributed by atoms with van der Waals surface area (Å²) < 4.78 is 4.70. The second kappa shape index (κ2) is 11.4. The second-order valence-corrected chi connectivity index (χ2v) is 12.3. The zero-order chi connectivity index (χ0) is 26.7. The molecule has 1 aromatic rings. The van der Waals surface area contributed by atoms with Crippen LogP contribution in [0.3, 0.4) is 0 Å². The summed E-state index contributed by atoms with van der Waals surface area (Å²) in [4.78, 5) is 45.1. The van der Waals surface area contributed by atoms with Crippen molar-refractivity contribution in [2.75, 3.05) is 19.8 Å². The first-order chi connectivity index (χ1) is 17.8. The van der Waals surface area contributed by atoms with E-state index < -0.39 is 34.6 Å². The molecule has 0 aliphatic carbocycles. The number of fused-ring (bicyclic) bond motifs is 1. The fourth-order valence-corrected chi connectivity index (χ4v) is 8.64. The molecule has 37 heavy (non-hydrogen) atoms. The molecule has 4 rings (SSSR count). The summed E-state index contributed by atoms with van der Waals surface area (Å²) in [6.07, 6.45) is 5.19. The Morgan fingerprint density at radius 3 is 2.62 bits per heavy atom. The molecule has 3 aliphatic rings. The highest BCUT2D eigenvalue weighted by Gasteiger charge is 2.74. The predicted octanol–water partition coefficient (Wildman–Crippen LogP) is 3.43. The van der Waals surface area contributed by atoms with Gasteiger partial charge in [0.25, 0.3) is 0 Å². The lowest BCUT2D eigenvalue weighted by Gasteiger charge is -2.40. The second-order valence-electron chi connectivity index (χ2n) is 10.7. The van der Waals surface area contributed by atoms with E-state index in [4.69, 9.17) is 4.74 Å². The van der Waals surface area contributed by atoms with Gasteiger partial charge in [0.2, 0.25) is 11.8 Å². The third-order valence-electron chi connectivity index (χ3n) is 7.81. The molecular weight excluding hydrogens is 488 g/mol. The van der Waals surface area contributed by atoms with Crippen molar-refractivity contribution in [1.82, 2.24) is 9.80 Å². The molecule has 8 heteroatoms. The monoisotopic (exact) mass is 526 g/mol. The number of nitrogens with zero attached hydrogens (tertiary/aromatic N) is 2. The zero-order valence-corrected chi connectivity index (χ0v) is 22.6. The molecule has 1 N–H and O–H groups in total. The van der Waals surface area contributed by atoms with Crippen LogP contribution in [-0.4, -0.2) is 74.5 Å². The first kappa shape index (κ1) is 27.5. The summed E-state index contributed by atoms with van der Waals surface area (Å²) in [5, 5.41) is 10.3. The molecule has 1 aromatic carbocycles. The van der Waals surface area contributed by atoms with Crippen LogP contribution in [0.2, 0.25) is 0 Å². The number of carbonyl (C=O) groups excluding carboxylic acids is 3. The van der Waals surface area contributed by atoms with E-state index in [-0.39, 0.29) is 36.2 Å². The van der Waals surface area contributed by atoms with Gasteiger partial charge in [0.15, 0.2) is 0 Å². The highest BCUT2D eigenvalue weighted by Crippen LogP contribution is 2.67. The van der Waals surface area contributed by atoms with Crippen molar-refractivity contribution in [3.05, 3.63) is 61.2 Å². The molecule has 0 radical (unpaired) electrons. The first-order valence-electron chi connectivity index (χ1n) is 13.1. The minimum absolute atomic E-state index is 0.0663. The number of thioether (sulfide) groups is 1. The normalized spacial score (nSPS) is 28.8. The summed E-state index contributed by atoms with van der Waals surface area (Å²) in [5.74, 6) is -1.81. The average molecular weight is 527 g/mol. The molecule has 2 amide bonds. The van der Waals surface area contributed by atoms with E-state index in [0.29, 0.717) is 25.9 Å². The van der Waals surface area contributed by atoms with E-state index in [1.807, 2.05) is 44.2 Å². The van der Waals surface area contributed by atoms with Gasteiger partial charge in [0, 0.05) is 18.3 Å². The number of likely N-dealkylation sites (tertiary alicyclic amines) is 1. The minimum atomic E-state index is -0.767. The van der Waals surface area contributed by atoms with E-state index in [1.54, 1.807) is 27.6 Å². The maximum absolute atomic E-state index is 14.4. The highest BCUT2D eigenvalue weighted by molar-refractivity contribution is 8.02. The lowest BCUT2D eigenvalue weighted by atomic mass is 9.71. The number of amides is 2. The zero-order valence-electron chi connectivity index (χ0n) is 21.8. The molecule has 200 valence electrons. The Kier molecular flexibility index (Phi) is 8.49. The standard InChI is InChI=1S/C29H38N2O5S/c1-5-14-30(17-20-10-8-7-9-11-20)27(34)25-29-13-12-22(37-29)23(28(35)36-15-6-2)24(29)26(33)31(25)21(18-32)16-19(3)4/h5-11,19,21-25,32H,1-2,12-18H2,3-4H3/t21-,22+,23-,24+,25?,29?/m1/s1. The van der Waals surface area contributed by atoms with Gasteiger partial charge in [0.1, 0.15) is 12.6 Å². The Balaban J connectivity index is 1.75. The summed E-state index contributed by atoms with van der Waals surface area (Å²) in [5.41, 5.74) is 0.984. The van der Waals surface area contributed by atoms with Gasteiger partial charge in [-0.2, -0.15) is 0 Å². The van der Waals surface area contributed by atoms with Crippen LogP contribution in [0.1, 0.15) is 38.7 Å². The van der Waals surface area contributed by atoms with Gasteiger partial charge >= 0.3 is 5.97 Å². The lowest BCUT2D eigenvalue weighted by Crippen LogP contribution is -2.57. The number of carbonyl (C=O) groups is 3. The van der Waals surface area contributed by atoms with E-state index >= 15 is 0 Å². The number of benzene rings is 1. The highest BCUT2D eigenvalue weighted by atomic mass is 32.2. The van der Waals surface area contributed by atoms with Gasteiger partial charge in [-0.25, -0.2) is 0 Å². The van der Waals surface area contributed by atoms with E-state index in [1.165, 1.54) is 6.08 Å². The number of hydrogen-bond donors (Lipinski definition) is 1. The van der Waals surface area contributed by atoms with Gasteiger partial charge < -0.3 is 19.6 Å². The summed E-state index contributed by atoms with van der Waals surface area (Å²) in [6, 6.07) is 8.47. The topological polar surface area (TPSA) is 87.2 Å². The summed E-state index contributed by atoms with van der Waals surface area (Å²) in [6.45, 7) is 12.1. The molecular formula is C29H38N2O5S. The third kappa shape index (κ3) is 4.98. The van der Waals surface area contributed by atoms with E-state index in [0.717, 1.165) is 12.0 Å². The van der Waals surface area contributed by atoms with Crippen molar-refractivity contribution in [1.29, 1.82) is 0 Å². The number of aliphatic hydroxyl groups is 1. The molecule has 0 aromatic heterocycles. The van der Waals surface area contributed by atoms with Crippen molar-refractivity contribution in [2.45, 2.75) is 61.7 Å². The quantitative estimate of drug-likeness (QED) is 0.332. The fraction of sp³-hybridized carbons (Fsp3) is 0.552. The average Bonchev–Trinajstić information content (AvgIpc) is 3.53. The Labute approximate surface area is 223 Å².